The summed E-state index contributed by atoms with van der Waals surface area (Å²) in [6.45, 7) is 14.6. The highest BCUT2D eigenvalue weighted by Gasteiger charge is 2.73. The first-order valence-corrected chi connectivity index (χ1v) is 13.4. The van der Waals surface area contributed by atoms with Crippen molar-refractivity contribution in [2.75, 3.05) is 0 Å². The molecule has 4 fully saturated rings. The summed E-state index contributed by atoms with van der Waals surface area (Å²) in [5, 5.41) is 10.4. The predicted molar refractivity (Wildman–Crippen MR) is 128 cm³/mol. The van der Waals surface area contributed by atoms with Crippen LogP contribution in [-0.2, 0) is 4.74 Å². The quantitative estimate of drug-likeness (QED) is 0.376. The van der Waals surface area contributed by atoms with Gasteiger partial charge in [0.2, 0.25) is 0 Å². The predicted octanol–water partition coefficient (Wildman–Crippen LogP) is 7.08. The third-order valence-electron chi connectivity index (χ3n) is 11.2. The van der Waals surface area contributed by atoms with Gasteiger partial charge < -0.3 is 9.84 Å². The summed E-state index contributed by atoms with van der Waals surface area (Å²) in [6.07, 6.45) is 16.1. The summed E-state index contributed by atoms with van der Waals surface area (Å²) in [7, 11) is 0. The van der Waals surface area contributed by atoms with Crippen LogP contribution >= 0.6 is 0 Å². The number of allylic oxidation sites excluding steroid dienone is 3. The van der Waals surface area contributed by atoms with Gasteiger partial charge in [-0.3, -0.25) is 0 Å². The Labute approximate surface area is 190 Å². The average molecular weight is 427 g/mol. The van der Waals surface area contributed by atoms with Crippen LogP contribution in [0.25, 0.3) is 0 Å². The Morgan fingerprint density at radius 1 is 1.13 bits per heavy atom. The molecule has 2 nitrogen and oxygen atoms in total. The van der Waals surface area contributed by atoms with Gasteiger partial charge in [0.15, 0.2) is 0 Å². The minimum Gasteiger partial charge on any atom is -0.393 e. The van der Waals surface area contributed by atoms with E-state index < -0.39 is 0 Å². The SMILES string of the molecule is C/C=C(\CC[C@@H](C)[C@H]1CC[C@H]2C3=C[C@@H]4O[C@@]45C[C@@H](O)CC[C@]5(C)[C@H]3CC[C@]12C)C(C)C. The maximum absolute atomic E-state index is 10.4. The molecule has 1 heterocycles. The highest BCUT2D eigenvalue weighted by Crippen LogP contribution is 2.72. The number of hydrogen-bond acceptors (Lipinski definition) is 2. The molecule has 9 atom stereocenters. The fourth-order valence-electron chi connectivity index (χ4n) is 9.24. The van der Waals surface area contributed by atoms with Gasteiger partial charge in [-0.25, -0.2) is 0 Å². The maximum atomic E-state index is 10.4. The second-order valence-corrected chi connectivity index (χ2v) is 12.8. The number of aliphatic hydroxyl groups excluding tert-OH is 1. The lowest BCUT2D eigenvalue weighted by molar-refractivity contribution is -0.0536. The molecule has 0 bridgehead atoms. The molecule has 0 aromatic heterocycles. The summed E-state index contributed by atoms with van der Waals surface area (Å²) in [5.41, 5.74) is 4.08. The van der Waals surface area contributed by atoms with Crippen LogP contribution in [0.4, 0.5) is 0 Å². The molecular weight excluding hydrogens is 380 g/mol. The van der Waals surface area contributed by atoms with Crippen molar-refractivity contribution in [3.05, 3.63) is 23.3 Å². The Morgan fingerprint density at radius 2 is 1.90 bits per heavy atom. The molecule has 1 spiro atoms. The number of epoxide rings is 1. The Balaban J connectivity index is 1.36. The molecule has 174 valence electrons. The van der Waals surface area contributed by atoms with Gasteiger partial charge in [-0.1, -0.05) is 57.9 Å². The summed E-state index contributed by atoms with van der Waals surface area (Å²) in [5.74, 6) is 3.79. The van der Waals surface area contributed by atoms with Crippen molar-refractivity contribution >= 4 is 0 Å². The number of aliphatic hydroxyl groups is 1. The molecule has 1 saturated heterocycles. The first-order valence-electron chi connectivity index (χ1n) is 13.4. The van der Waals surface area contributed by atoms with Crippen molar-refractivity contribution in [3.8, 4) is 0 Å². The molecule has 0 amide bonds. The second-order valence-electron chi connectivity index (χ2n) is 12.8. The number of rotatable bonds is 5. The van der Waals surface area contributed by atoms with Gasteiger partial charge in [0.25, 0.3) is 0 Å². The fraction of sp³-hybridized carbons (Fsp3) is 0.862. The van der Waals surface area contributed by atoms with Gasteiger partial charge in [-0.05, 0) is 93.3 Å². The lowest BCUT2D eigenvalue weighted by Gasteiger charge is -2.56. The van der Waals surface area contributed by atoms with Crippen molar-refractivity contribution in [3.63, 3.8) is 0 Å². The maximum Gasteiger partial charge on any atom is 0.107 e. The van der Waals surface area contributed by atoms with Gasteiger partial charge in [0.1, 0.15) is 11.7 Å². The van der Waals surface area contributed by atoms with Crippen LogP contribution in [0, 0.1) is 40.4 Å². The van der Waals surface area contributed by atoms with E-state index in [2.05, 4.69) is 53.7 Å². The fourth-order valence-corrected chi connectivity index (χ4v) is 9.24. The largest absolute Gasteiger partial charge is 0.393 e. The number of fused-ring (bicyclic) bond motifs is 4. The van der Waals surface area contributed by atoms with Crippen molar-refractivity contribution in [1.29, 1.82) is 0 Å². The van der Waals surface area contributed by atoms with E-state index in [1.54, 1.807) is 11.1 Å². The van der Waals surface area contributed by atoms with Crippen LogP contribution in [0.3, 0.4) is 0 Å². The number of hydrogen-bond donors (Lipinski definition) is 1. The molecule has 2 heteroatoms. The zero-order chi connectivity index (χ0) is 22.2. The monoisotopic (exact) mass is 426 g/mol. The Kier molecular flexibility index (Phi) is 5.34. The molecule has 0 unspecified atom stereocenters. The van der Waals surface area contributed by atoms with Gasteiger partial charge in [0.05, 0.1) is 6.10 Å². The standard InChI is InChI=1S/C29H46O2/c1-7-20(18(2)3)9-8-19(4)23-10-11-24-22-16-26-29(31-26)17-21(30)12-15-28(29,6)25(22)13-14-27(23,24)5/h7,16,18-19,21,23-26,30H,8-15,17H2,1-6H3/b20-7+/t19-,21+,23-,24+,25+,26+,27-,28-,29+/m1/s1. The molecule has 1 aliphatic heterocycles. The molecule has 0 aromatic rings. The van der Waals surface area contributed by atoms with Crippen molar-refractivity contribution in [2.24, 2.45) is 40.4 Å². The van der Waals surface area contributed by atoms with Gasteiger partial charge in [-0.15, -0.1) is 0 Å². The molecule has 4 aliphatic carbocycles. The zero-order valence-corrected chi connectivity index (χ0v) is 20.9. The molecule has 1 N–H and O–H groups in total. The van der Waals surface area contributed by atoms with Crippen molar-refractivity contribution in [1.82, 2.24) is 0 Å². The van der Waals surface area contributed by atoms with Crippen LogP contribution in [0.2, 0.25) is 0 Å². The van der Waals surface area contributed by atoms with Crippen molar-refractivity contribution in [2.45, 2.75) is 117 Å². The van der Waals surface area contributed by atoms with Crippen LogP contribution in [-0.4, -0.2) is 22.9 Å². The summed E-state index contributed by atoms with van der Waals surface area (Å²) in [4.78, 5) is 0. The van der Waals surface area contributed by atoms with E-state index in [1.165, 1.54) is 38.5 Å². The normalized spacial score (nSPS) is 49.6. The third kappa shape index (κ3) is 3.10. The Bertz CT molecular complexity index is 780. The molecule has 5 aliphatic rings. The molecule has 0 aromatic carbocycles. The first kappa shape index (κ1) is 22.2. The zero-order valence-electron chi connectivity index (χ0n) is 20.9. The van der Waals surface area contributed by atoms with E-state index in [0.29, 0.717) is 17.3 Å². The van der Waals surface area contributed by atoms with Crippen LogP contribution < -0.4 is 0 Å². The topological polar surface area (TPSA) is 32.8 Å². The number of ether oxygens (including phenoxy) is 1. The molecular formula is C29H46O2. The summed E-state index contributed by atoms with van der Waals surface area (Å²) < 4.78 is 6.45. The Morgan fingerprint density at radius 3 is 2.61 bits per heavy atom. The molecule has 0 radical (unpaired) electrons. The molecule has 3 saturated carbocycles. The highest BCUT2D eigenvalue weighted by molar-refractivity contribution is 5.38. The minimum atomic E-state index is -0.161. The van der Waals surface area contributed by atoms with Crippen LogP contribution in [0.15, 0.2) is 23.3 Å². The van der Waals surface area contributed by atoms with Gasteiger partial charge in [-0.2, -0.15) is 0 Å². The smallest absolute Gasteiger partial charge is 0.107 e. The van der Waals surface area contributed by atoms with E-state index in [4.69, 9.17) is 4.74 Å². The van der Waals surface area contributed by atoms with Crippen LogP contribution in [0.1, 0.15) is 99.3 Å². The molecule has 5 rings (SSSR count). The Hall–Kier alpha value is -0.600. The minimum absolute atomic E-state index is 0.0440. The molecule has 31 heavy (non-hydrogen) atoms. The van der Waals surface area contributed by atoms with Gasteiger partial charge >= 0.3 is 0 Å². The lowest BCUT2D eigenvalue weighted by atomic mass is 9.47. The van der Waals surface area contributed by atoms with E-state index >= 15 is 0 Å². The average Bonchev–Trinajstić information content (AvgIpc) is 3.29. The lowest BCUT2D eigenvalue weighted by Crippen LogP contribution is -2.55. The van der Waals surface area contributed by atoms with E-state index in [-0.39, 0.29) is 23.2 Å². The van der Waals surface area contributed by atoms with Crippen LogP contribution in [0.5, 0.6) is 0 Å². The van der Waals surface area contributed by atoms with Crippen molar-refractivity contribution < 1.29 is 9.84 Å². The van der Waals surface area contributed by atoms with Gasteiger partial charge in [0, 0.05) is 11.8 Å². The summed E-state index contributed by atoms with van der Waals surface area (Å²) in [6, 6.07) is 0. The second kappa shape index (κ2) is 7.45. The van der Waals surface area contributed by atoms with E-state index in [1.807, 2.05) is 0 Å². The highest BCUT2D eigenvalue weighted by atomic mass is 16.6. The third-order valence-corrected chi connectivity index (χ3v) is 11.2. The van der Waals surface area contributed by atoms with E-state index in [9.17, 15) is 5.11 Å². The summed E-state index contributed by atoms with van der Waals surface area (Å²) >= 11 is 0. The first-order chi connectivity index (χ1) is 14.7. The van der Waals surface area contributed by atoms with E-state index in [0.717, 1.165) is 37.0 Å².